The van der Waals surface area contributed by atoms with Crippen molar-refractivity contribution in [1.82, 2.24) is 15.1 Å². The first-order valence-corrected chi connectivity index (χ1v) is 8.90. The Morgan fingerprint density at radius 1 is 0.926 bits per heavy atom. The smallest absolute Gasteiger partial charge is 0.261 e. The first-order valence-electron chi connectivity index (χ1n) is 8.90. The van der Waals surface area contributed by atoms with Crippen molar-refractivity contribution < 1.29 is 14.4 Å². The fourth-order valence-electron chi connectivity index (χ4n) is 3.07. The summed E-state index contributed by atoms with van der Waals surface area (Å²) in [6.07, 6.45) is 0.0875. The molecule has 0 fully saturated rings. The monoisotopic (exact) mass is 365 g/mol. The zero-order chi connectivity index (χ0) is 19.4. The molecular formula is C21H23N3O3. The van der Waals surface area contributed by atoms with Gasteiger partial charge in [0.05, 0.1) is 11.1 Å². The van der Waals surface area contributed by atoms with E-state index in [1.54, 1.807) is 24.3 Å². The Kier molecular flexibility index (Phi) is 5.66. The molecule has 0 radical (unpaired) electrons. The number of carbonyl (C=O) groups excluding carboxylic acids is 3. The van der Waals surface area contributed by atoms with Crippen molar-refractivity contribution in [2.75, 3.05) is 20.6 Å². The number of hydrogen-bond acceptors (Lipinski definition) is 4. The zero-order valence-corrected chi connectivity index (χ0v) is 15.6. The summed E-state index contributed by atoms with van der Waals surface area (Å²) in [5, 5.41) is 2.84. The molecule has 0 aliphatic carbocycles. The van der Waals surface area contributed by atoms with Crippen LogP contribution in [0.3, 0.4) is 0 Å². The van der Waals surface area contributed by atoms with Gasteiger partial charge in [0.1, 0.15) is 0 Å². The number of nitrogens with one attached hydrogen (secondary N) is 1. The Balaban J connectivity index is 1.48. The van der Waals surface area contributed by atoms with Crippen LogP contribution in [0.15, 0.2) is 48.5 Å². The van der Waals surface area contributed by atoms with Gasteiger partial charge in [0, 0.05) is 26.1 Å². The molecule has 140 valence electrons. The highest BCUT2D eigenvalue weighted by Crippen LogP contribution is 2.22. The van der Waals surface area contributed by atoms with E-state index in [2.05, 4.69) is 10.2 Å². The van der Waals surface area contributed by atoms with Gasteiger partial charge in [0.15, 0.2) is 0 Å². The normalized spacial score (nSPS) is 13.2. The van der Waals surface area contributed by atoms with Crippen LogP contribution in [0.5, 0.6) is 0 Å². The fourth-order valence-corrected chi connectivity index (χ4v) is 3.07. The van der Waals surface area contributed by atoms with Gasteiger partial charge in [0.2, 0.25) is 5.91 Å². The predicted octanol–water partition coefficient (Wildman–Crippen LogP) is 2.05. The number of benzene rings is 2. The van der Waals surface area contributed by atoms with Crippen molar-refractivity contribution in [3.05, 3.63) is 70.8 Å². The maximum absolute atomic E-state index is 12.3. The molecule has 0 saturated heterocycles. The molecule has 2 aromatic rings. The lowest BCUT2D eigenvalue weighted by atomic mass is 10.1. The molecule has 1 N–H and O–H groups in total. The summed E-state index contributed by atoms with van der Waals surface area (Å²) in [5.74, 6) is -0.858. The van der Waals surface area contributed by atoms with Gasteiger partial charge in [-0.2, -0.15) is 0 Å². The van der Waals surface area contributed by atoms with Crippen molar-refractivity contribution in [2.45, 2.75) is 19.5 Å². The number of hydrogen-bond donors (Lipinski definition) is 1. The van der Waals surface area contributed by atoms with Gasteiger partial charge in [-0.3, -0.25) is 19.3 Å². The maximum Gasteiger partial charge on any atom is 0.261 e. The third-order valence-corrected chi connectivity index (χ3v) is 4.45. The second-order valence-corrected chi connectivity index (χ2v) is 6.89. The standard InChI is InChI=1S/C21H23N3O3/c1-23(2)14-16-9-7-15(8-10-16)13-22-19(25)11-12-24-20(26)17-5-3-4-6-18(17)21(24)27/h3-10H,11-14H2,1-2H3,(H,22,25). The van der Waals surface area contributed by atoms with E-state index in [0.29, 0.717) is 17.7 Å². The van der Waals surface area contributed by atoms with Gasteiger partial charge < -0.3 is 10.2 Å². The Bertz CT molecular complexity index is 824. The fraction of sp³-hybridized carbons (Fsp3) is 0.286. The molecule has 3 amide bonds. The molecule has 2 aromatic carbocycles. The minimum Gasteiger partial charge on any atom is -0.352 e. The van der Waals surface area contributed by atoms with Crippen LogP contribution in [-0.2, 0) is 17.9 Å². The predicted molar refractivity (Wildman–Crippen MR) is 102 cm³/mol. The van der Waals surface area contributed by atoms with Crippen LogP contribution in [0, 0.1) is 0 Å². The molecule has 6 heteroatoms. The number of carbonyl (C=O) groups is 3. The lowest BCUT2D eigenvalue weighted by Gasteiger charge is -2.14. The van der Waals surface area contributed by atoms with E-state index < -0.39 is 0 Å². The number of nitrogens with zero attached hydrogens (tertiary/aromatic N) is 2. The highest BCUT2D eigenvalue weighted by molar-refractivity contribution is 6.21. The summed E-state index contributed by atoms with van der Waals surface area (Å²) >= 11 is 0. The second kappa shape index (κ2) is 8.14. The summed E-state index contributed by atoms with van der Waals surface area (Å²) in [4.78, 5) is 39.9. The molecule has 0 saturated carbocycles. The Labute approximate surface area is 158 Å². The van der Waals surface area contributed by atoms with Gasteiger partial charge in [0.25, 0.3) is 11.8 Å². The van der Waals surface area contributed by atoms with Crippen LogP contribution in [0.1, 0.15) is 38.3 Å². The van der Waals surface area contributed by atoms with Crippen LogP contribution in [0.25, 0.3) is 0 Å². The largest absolute Gasteiger partial charge is 0.352 e. The van der Waals surface area contributed by atoms with Gasteiger partial charge in [-0.05, 0) is 37.4 Å². The van der Waals surface area contributed by atoms with Crippen molar-refractivity contribution in [1.29, 1.82) is 0 Å². The third kappa shape index (κ3) is 4.41. The van der Waals surface area contributed by atoms with E-state index in [9.17, 15) is 14.4 Å². The summed E-state index contributed by atoms with van der Waals surface area (Å²) in [7, 11) is 4.03. The van der Waals surface area contributed by atoms with Crippen LogP contribution in [0.2, 0.25) is 0 Å². The van der Waals surface area contributed by atoms with Gasteiger partial charge in [-0.25, -0.2) is 0 Å². The summed E-state index contributed by atoms with van der Waals surface area (Å²) < 4.78 is 0. The topological polar surface area (TPSA) is 69.7 Å². The average Bonchev–Trinajstić information content (AvgIpc) is 2.90. The SMILES string of the molecule is CN(C)Cc1ccc(CNC(=O)CCN2C(=O)c3ccccc3C2=O)cc1. The average molecular weight is 365 g/mol. The minimum atomic E-state index is -0.333. The van der Waals surface area contributed by atoms with Crippen molar-refractivity contribution in [3.8, 4) is 0 Å². The Morgan fingerprint density at radius 2 is 1.48 bits per heavy atom. The Hall–Kier alpha value is -2.99. The highest BCUT2D eigenvalue weighted by Gasteiger charge is 2.34. The number of amides is 3. The molecule has 0 atom stereocenters. The quantitative estimate of drug-likeness (QED) is 0.763. The number of imide groups is 1. The van der Waals surface area contributed by atoms with Gasteiger partial charge in [-0.1, -0.05) is 36.4 Å². The molecule has 1 aliphatic heterocycles. The molecule has 1 heterocycles. The molecule has 0 spiro atoms. The van der Waals surface area contributed by atoms with Gasteiger partial charge >= 0.3 is 0 Å². The lowest BCUT2D eigenvalue weighted by Crippen LogP contribution is -2.34. The zero-order valence-electron chi connectivity index (χ0n) is 15.6. The highest BCUT2D eigenvalue weighted by atomic mass is 16.2. The first kappa shape index (κ1) is 18.8. The summed E-state index contributed by atoms with van der Waals surface area (Å²) in [5.41, 5.74) is 3.02. The Morgan fingerprint density at radius 3 is 2.04 bits per heavy atom. The maximum atomic E-state index is 12.3. The van der Waals surface area contributed by atoms with Crippen LogP contribution in [-0.4, -0.2) is 48.2 Å². The number of rotatable bonds is 7. The minimum absolute atomic E-state index is 0.0833. The van der Waals surface area contributed by atoms with Crippen LogP contribution >= 0.6 is 0 Å². The molecule has 0 aromatic heterocycles. The molecule has 0 bridgehead atoms. The molecule has 27 heavy (non-hydrogen) atoms. The first-order chi connectivity index (χ1) is 13.0. The molecule has 1 aliphatic rings. The molecule has 6 nitrogen and oxygen atoms in total. The van der Waals surface area contributed by atoms with Crippen LogP contribution < -0.4 is 5.32 Å². The molecule has 0 unspecified atom stereocenters. The van der Waals surface area contributed by atoms with Gasteiger partial charge in [-0.15, -0.1) is 0 Å². The van der Waals surface area contributed by atoms with Crippen molar-refractivity contribution >= 4 is 17.7 Å². The molecule has 3 rings (SSSR count). The second-order valence-electron chi connectivity index (χ2n) is 6.89. The third-order valence-electron chi connectivity index (χ3n) is 4.45. The van der Waals surface area contributed by atoms with Crippen molar-refractivity contribution in [3.63, 3.8) is 0 Å². The number of fused-ring (bicyclic) bond motifs is 1. The molecular weight excluding hydrogens is 342 g/mol. The van der Waals surface area contributed by atoms with E-state index in [4.69, 9.17) is 0 Å². The van der Waals surface area contributed by atoms with E-state index in [0.717, 1.165) is 17.0 Å². The van der Waals surface area contributed by atoms with E-state index in [1.807, 2.05) is 38.4 Å². The summed E-state index contributed by atoms with van der Waals surface area (Å²) in [6, 6.07) is 14.8. The van der Waals surface area contributed by atoms with E-state index in [1.165, 1.54) is 5.56 Å². The lowest BCUT2D eigenvalue weighted by molar-refractivity contribution is -0.121. The van der Waals surface area contributed by atoms with Crippen LogP contribution in [0.4, 0.5) is 0 Å². The summed E-state index contributed by atoms with van der Waals surface area (Å²) in [6.45, 7) is 1.37. The van der Waals surface area contributed by atoms with E-state index in [-0.39, 0.29) is 30.7 Å². The van der Waals surface area contributed by atoms with E-state index >= 15 is 0 Å². The van der Waals surface area contributed by atoms with Crippen molar-refractivity contribution in [2.24, 2.45) is 0 Å².